The Labute approximate surface area is 118 Å². The van der Waals surface area contributed by atoms with E-state index in [0.717, 1.165) is 23.9 Å². The average Bonchev–Trinajstić information content (AvgIpc) is 3.10. The summed E-state index contributed by atoms with van der Waals surface area (Å²) in [7, 11) is 0. The first-order valence-electron chi connectivity index (χ1n) is 7.27. The Hall–Kier alpha value is -2.09. The highest BCUT2D eigenvalue weighted by Gasteiger charge is 2.39. The minimum Gasteiger partial charge on any atom is -0.326 e. The number of hydrogen-bond acceptors (Lipinski definition) is 1. The maximum absolute atomic E-state index is 12.4. The van der Waals surface area contributed by atoms with Gasteiger partial charge in [-0.25, -0.2) is 0 Å². The zero-order chi connectivity index (χ0) is 13.5. The lowest BCUT2D eigenvalue weighted by Gasteiger charge is -2.17. The van der Waals surface area contributed by atoms with Gasteiger partial charge in [-0.1, -0.05) is 42.5 Å². The van der Waals surface area contributed by atoms with Crippen molar-refractivity contribution in [3.05, 3.63) is 54.6 Å². The van der Waals surface area contributed by atoms with Gasteiger partial charge in [0, 0.05) is 11.6 Å². The molecule has 2 aliphatic carbocycles. The van der Waals surface area contributed by atoms with E-state index < -0.39 is 0 Å². The van der Waals surface area contributed by atoms with Crippen LogP contribution >= 0.6 is 0 Å². The van der Waals surface area contributed by atoms with E-state index in [1.807, 2.05) is 18.2 Å². The van der Waals surface area contributed by atoms with Gasteiger partial charge in [0.2, 0.25) is 5.91 Å². The van der Waals surface area contributed by atoms with Crippen molar-refractivity contribution in [2.75, 3.05) is 5.32 Å². The summed E-state index contributed by atoms with van der Waals surface area (Å²) in [6, 6.07) is 14.3. The molecule has 3 atom stereocenters. The van der Waals surface area contributed by atoms with Crippen molar-refractivity contribution in [3.63, 3.8) is 0 Å². The first kappa shape index (κ1) is 11.7. The largest absolute Gasteiger partial charge is 0.326 e. The second kappa shape index (κ2) is 4.48. The van der Waals surface area contributed by atoms with Crippen molar-refractivity contribution in [2.45, 2.75) is 12.8 Å². The highest BCUT2D eigenvalue weighted by atomic mass is 16.1. The van der Waals surface area contributed by atoms with Gasteiger partial charge in [-0.2, -0.15) is 0 Å². The van der Waals surface area contributed by atoms with Crippen molar-refractivity contribution in [2.24, 2.45) is 17.8 Å². The molecular weight excluding hydrogens is 246 g/mol. The summed E-state index contributed by atoms with van der Waals surface area (Å²) in [6.07, 6.45) is 6.67. The van der Waals surface area contributed by atoms with Crippen LogP contribution in [0.3, 0.4) is 0 Å². The molecule has 0 spiro atoms. The van der Waals surface area contributed by atoms with Crippen LogP contribution in [0.5, 0.6) is 0 Å². The van der Waals surface area contributed by atoms with Gasteiger partial charge in [0.05, 0.1) is 0 Å². The van der Waals surface area contributed by atoms with Crippen LogP contribution < -0.4 is 5.32 Å². The quantitative estimate of drug-likeness (QED) is 0.815. The number of allylic oxidation sites excluding steroid dienone is 2. The molecule has 0 saturated heterocycles. The SMILES string of the molecule is O=C(Nc1ccc2ccccc2c1)[C@@H]1C[C@@H]2C=C[C@H]1C2. The standard InChI is InChI=1S/C18H17NO/c20-18(17-10-12-5-6-15(17)9-12)19-16-8-7-13-3-1-2-4-14(13)11-16/h1-8,11-12,15,17H,9-10H2,(H,19,20)/t12-,15+,17-/m1/s1. The van der Waals surface area contributed by atoms with E-state index in [1.54, 1.807) is 0 Å². The fraction of sp³-hybridized carbons (Fsp3) is 0.278. The minimum atomic E-state index is 0.163. The normalized spacial score (nSPS) is 27.1. The molecule has 4 rings (SSSR count). The number of nitrogens with one attached hydrogen (secondary N) is 1. The first-order valence-corrected chi connectivity index (χ1v) is 7.27. The van der Waals surface area contributed by atoms with Gasteiger partial charge < -0.3 is 5.32 Å². The number of hydrogen-bond donors (Lipinski definition) is 1. The van der Waals surface area contributed by atoms with E-state index >= 15 is 0 Å². The third kappa shape index (κ3) is 1.92. The average molecular weight is 263 g/mol. The Morgan fingerprint density at radius 2 is 1.85 bits per heavy atom. The number of rotatable bonds is 2. The zero-order valence-corrected chi connectivity index (χ0v) is 11.3. The maximum Gasteiger partial charge on any atom is 0.228 e. The monoisotopic (exact) mass is 263 g/mol. The molecule has 0 aliphatic heterocycles. The molecule has 1 N–H and O–H groups in total. The van der Waals surface area contributed by atoms with Gasteiger partial charge in [0.1, 0.15) is 0 Å². The molecule has 1 fully saturated rings. The molecule has 1 saturated carbocycles. The van der Waals surface area contributed by atoms with E-state index in [4.69, 9.17) is 0 Å². The molecule has 2 aromatic rings. The lowest BCUT2D eigenvalue weighted by atomic mass is 9.93. The summed E-state index contributed by atoms with van der Waals surface area (Å²) in [5, 5.41) is 5.46. The fourth-order valence-corrected chi connectivity index (χ4v) is 3.58. The molecule has 100 valence electrons. The lowest BCUT2D eigenvalue weighted by Crippen LogP contribution is -2.25. The molecule has 0 radical (unpaired) electrons. The molecule has 0 heterocycles. The van der Waals surface area contributed by atoms with Gasteiger partial charge >= 0.3 is 0 Å². The van der Waals surface area contributed by atoms with Gasteiger partial charge in [-0.3, -0.25) is 4.79 Å². The van der Waals surface area contributed by atoms with E-state index in [-0.39, 0.29) is 11.8 Å². The van der Waals surface area contributed by atoms with Gasteiger partial charge in [0.15, 0.2) is 0 Å². The smallest absolute Gasteiger partial charge is 0.228 e. The van der Waals surface area contributed by atoms with Crippen molar-refractivity contribution >= 4 is 22.4 Å². The Morgan fingerprint density at radius 3 is 2.60 bits per heavy atom. The predicted octanol–water partition coefficient (Wildman–Crippen LogP) is 3.99. The van der Waals surface area contributed by atoms with Crippen LogP contribution in [0.1, 0.15) is 12.8 Å². The van der Waals surface area contributed by atoms with Crippen LogP contribution in [0, 0.1) is 17.8 Å². The molecular formula is C18H17NO. The molecule has 2 nitrogen and oxygen atoms in total. The number of carbonyl (C=O) groups excluding carboxylic acids is 1. The molecule has 2 aliphatic rings. The summed E-state index contributed by atoms with van der Waals surface area (Å²) in [5.41, 5.74) is 0.903. The number of benzene rings is 2. The highest BCUT2D eigenvalue weighted by Crippen LogP contribution is 2.43. The van der Waals surface area contributed by atoms with Crippen molar-refractivity contribution in [1.82, 2.24) is 0 Å². The fourth-order valence-electron chi connectivity index (χ4n) is 3.58. The van der Waals surface area contributed by atoms with Crippen LogP contribution in [-0.4, -0.2) is 5.91 Å². The maximum atomic E-state index is 12.4. The van der Waals surface area contributed by atoms with Crippen molar-refractivity contribution in [1.29, 1.82) is 0 Å². The number of fused-ring (bicyclic) bond motifs is 3. The summed E-state index contributed by atoms with van der Waals surface area (Å²) < 4.78 is 0. The topological polar surface area (TPSA) is 29.1 Å². The molecule has 20 heavy (non-hydrogen) atoms. The molecule has 0 aromatic heterocycles. The molecule has 2 bridgehead atoms. The van der Waals surface area contributed by atoms with Crippen LogP contribution in [0.2, 0.25) is 0 Å². The third-order valence-electron chi connectivity index (χ3n) is 4.63. The third-order valence-corrected chi connectivity index (χ3v) is 4.63. The molecule has 2 heteroatoms. The second-order valence-electron chi connectivity index (χ2n) is 5.94. The van der Waals surface area contributed by atoms with Crippen LogP contribution in [0.4, 0.5) is 5.69 Å². The molecule has 1 amide bonds. The van der Waals surface area contributed by atoms with E-state index in [0.29, 0.717) is 11.8 Å². The second-order valence-corrected chi connectivity index (χ2v) is 5.94. The van der Waals surface area contributed by atoms with E-state index in [2.05, 4.69) is 41.7 Å². The Kier molecular flexibility index (Phi) is 2.62. The Morgan fingerprint density at radius 1 is 1.00 bits per heavy atom. The predicted molar refractivity (Wildman–Crippen MR) is 81.4 cm³/mol. The number of anilines is 1. The van der Waals surface area contributed by atoms with Crippen molar-refractivity contribution in [3.8, 4) is 0 Å². The number of carbonyl (C=O) groups is 1. The van der Waals surface area contributed by atoms with E-state index in [1.165, 1.54) is 5.39 Å². The summed E-state index contributed by atoms with van der Waals surface area (Å²) in [4.78, 5) is 12.4. The van der Waals surface area contributed by atoms with Gasteiger partial charge in [0.25, 0.3) is 0 Å². The highest BCUT2D eigenvalue weighted by molar-refractivity contribution is 5.96. The van der Waals surface area contributed by atoms with Crippen LogP contribution in [0.15, 0.2) is 54.6 Å². The summed E-state index contributed by atoms with van der Waals surface area (Å²) >= 11 is 0. The summed E-state index contributed by atoms with van der Waals surface area (Å²) in [6.45, 7) is 0. The van der Waals surface area contributed by atoms with Crippen LogP contribution in [0.25, 0.3) is 10.8 Å². The molecule has 0 unspecified atom stereocenters. The lowest BCUT2D eigenvalue weighted by molar-refractivity contribution is -0.120. The number of amides is 1. The van der Waals surface area contributed by atoms with E-state index in [9.17, 15) is 4.79 Å². The molecule has 2 aromatic carbocycles. The van der Waals surface area contributed by atoms with Gasteiger partial charge in [-0.05, 0) is 47.6 Å². The first-order chi connectivity index (χ1) is 9.79. The van der Waals surface area contributed by atoms with Gasteiger partial charge in [-0.15, -0.1) is 0 Å². The minimum absolute atomic E-state index is 0.163. The summed E-state index contributed by atoms with van der Waals surface area (Å²) in [5.74, 6) is 1.43. The van der Waals surface area contributed by atoms with Crippen molar-refractivity contribution < 1.29 is 4.79 Å². The Bertz CT molecular complexity index is 703. The van der Waals surface area contributed by atoms with Crippen LogP contribution in [-0.2, 0) is 4.79 Å². The zero-order valence-electron chi connectivity index (χ0n) is 11.3. The Balaban J connectivity index is 1.55.